The molecule has 0 spiro atoms. The van der Waals surface area contributed by atoms with Gasteiger partial charge in [0.05, 0.1) is 17.0 Å². The maximum atomic E-state index is 13.0. The molecule has 3 amide bonds. The van der Waals surface area contributed by atoms with Gasteiger partial charge in [0.2, 0.25) is 15.9 Å². The Kier molecular flexibility index (Phi) is 7.06. The van der Waals surface area contributed by atoms with Gasteiger partial charge in [0.1, 0.15) is 5.00 Å². The van der Waals surface area contributed by atoms with Crippen LogP contribution in [0.25, 0.3) is 0 Å². The summed E-state index contributed by atoms with van der Waals surface area (Å²) in [6.45, 7) is 3.45. The standard InChI is InChI=1S/C23H28N4O5S2/c1-15(28)26-13-10-18-19(14-26)33-23(20(18)22(30)24-2)25-21(29)16-6-8-17(9-7-16)34(31,32)27-11-4-3-5-12-27/h6-9H,3-5,10-14H2,1-2H3,(H,24,30)(H,25,29). The highest BCUT2D eigenvalue weighted by Crippen LogP contribution is 2.37. The first-order valence-electron chi connectivity index (χ1n) is 11.3. The Bertz CT molecular complexity index is 1210. The molecule has 0 saturated carbocycles. The van der Waals surface area contributed by atoms with Crippen LogP contribution in [0.1, 0.15) is 57.3 Å². The Balaban J connectivity index is 1.56. The molecule has 0 unspecified atom stereocenters. The Labute approximate surface area is 203 Å². The second-order valence-electron chi connectivity index (χ2n) is 8.42. The van der Waals surface area contributed by atoms with Gasteiger partial charge in [0.15, 0.2) is 0 Å². The molecule has 3 heterocycles. The lowest BCUT2D eigenvalue weighted by molar-refractivity contribution is -0.129. The van der Waals surface area contributed by atoms with E-state index in [2.05, 4.69) is 10.6 Å². The first-order valence-corrected chi connectivity index (χ1v) is 13.5. The molecule has 9 nitrogen and oxygen atoms in total. The van der Waals surface area contributed by atoms with Crippen LogP contribution >= 0.6 is 11.3 Å². The molecule has 0 radical (unpaired) electrons. The molecule has 0 bridgehead atoms. The van der Waals surface area contributed by atoms with E-state index in [1.54, 1.807) is 4.90 Å². The fourth-order valence-corrected chi connectivity index (χ4v) is 7.11. The lowest BCUT2D eigenvalue weighted by Crippen LogP contribution is -2.35. The van der Waals surface area contributed by atoms with E-state index >= 15 is 0 Å². The van der Waals surface area contributed by atoms with Gasteiger partial charge < -0.3 is 15.5 Å². The van der Waals surface area contributed by atoms with Crippen LogP contribution in [-0.2, 0) is 27.8 Å². The summed E-state index contributed by atoms with van der Waals surface area (Å²) >= 11 is 1.29. The van der Waals surface area contributed by atoms with Gasteiger partial charge in [-0.25, -0.2) is 8.42 Å². The van der Waals surface area contributed by atoms with Gasteiger partial charge in [-0.3, -0.25) is 14.4 Å². The van der Waals surface area contributed by atoms with Crippen molar-refractivity contribution in [1.82, 2.24) is 14.5 Å². The maximum absolute atomic E-state index is 13.0. The van der Waals surface area contributed by atoms with Crippen molar-refractivity contribution in [2.24, 2.45) is 0 Å². The highest BCUT2D eigenvalue weighted by molar-refractivity contribution is 7.89. The number of carbonyl (C=O) groups excluding carboxylic acids is 3. The van der Waals surface area contributed by atoms with E-state index in [0.29, 0.717) is 43.2 Å². The molecule has 1 aromatic carbocycles. The third kappa shape index (κ3) is 4.73. The number of hydrogen-bond acceptors (Lipinski definition) is 6. The third-order valence-corrected chi connectivity index (χ3v) is 9.30. The first-order chi connectivity index (χ1) is 16.2. The van der Waals surface area contributed by atoms with E-state index in [1.807, 2.05) is 0 Å². The van der Waals surface area contributed by atoms with E-state index < -0.39 is 15.9 Å². The number of anilines is 1. The van der Waals surface area contributed by atoms with Crippen molar-refractivity contribution in [3.63, 3.8) is 0 Å². The number of nitrogens with zero attached hydrogens (tertiary/aromatic N) is 2. The highest BCUT2D eigenvalue weighted by atomic mass is 32.2. The average Bonchev–Trinajstić information content (AvgIpc) is 3.21. The third-order valence-electron chi connectivity index (χ3n) is 6.25. The second-order valence-corrected chi connectivity index (χ2v) is 11.5. The molecule has 0 atom stereocenters. The van der Waals surface area contributed by atoms with E-state index in [1.165, 1.54) is 53.9 Å². The summed E-state index contributed by atoms with van der Waals surface area (Å²) in [5.41, 5.74) is 1.56. The maximum Gasteiger partial charge on any atom is 0.256 e. The molecular weight excluding hydrogens is 476 g/mol. The monoisotopic (exact) mass is 504 g/mol. The molecular formula is C23H28N4O5S2. The summed E-state index contributed by atoms with van der Waals surface area (Å²) in [6, 6.07) is 5.86. The van der Waals surface area contributed by atoms with Crippen LogP contribution in [0.4, 0.5) is 5.00 Å². The van der Waals surface area contributed by atoms with E-state index in [0.717, 1.165) is 29.7 Å². The van der Waals surface area contributed by atoms with Crippen LogP contribution in [0.5, 0.6) is 0 Å². The zero-order chi connectivity index (χ0) is 24.5. The number of thiophene rings is 1. The Hall–Kier alpha value is -2.76. The average molecular weight is 505 g/mol. The topological polar surface area (TPSA) is 116 Å². The zero-order valence-electron chi connectivity index (χ0n) is 19.2. The fraction of sp³-hybridized carbons (Fsp3) is 0.435. The van der Waals surface area contributed by atoms with Crippen LogP contribution in [0.2, 0.25) is 0 Å². The Morgan fingerprint density at radius 2 is 1.65 bits per heavy atom. The van der Waals surface area contributed by atoms with Crippen molar-refractivity contribution < 1.29 is 22.8 Å². The molecule has 34 heavy (non-hydrogen) atoms. The van der Waals surface area contributed by atoms with E-state index in [4.69, 9.17) is 0 Å². The molecule has 11 heteroatoms. The summed E-state index contributed by atoms with van der Waals surface area (Å²) in [4.78, 5) is 40.1. The number of sulfonamides is 1. The number of nitrogens with one attached hydrogen (secondary N) is 2. The number of hydrogen-bond donors (Lipinski definition) is 2. The van der Waals surface area contributed by atoms with Gasteiger partial charge in [-0.2, -0.15) is 4.31 Å². The van der Waals surface area contributed by atoms with Gasteiger partial charge in [0.25, 0.3) is 11.8 Å². The molecule has 2 aliphatic heterocycles. The molecule has 0 aliphatic carbocycles. The number of carbonyl (C=O) groups is 3. The van der Waals surface area contributed by atoms with Crippen LogP contribution in [-0.4, -0.2) is 62.0 Å². The Morgan fingerprint density at radius 1 is 0.971 bits per heavy atom. The van der Waals surface area contributed by atoms with Crippen LogP contribution in [0.3, 0.4) is 0 Å². The predicted molar refractivity (Wildman–Crippen MR) is 130 cm³/mol. The van der Waals surface area contributed by atoms with Gasteiger partial charge in [-0.1, -0.05) is 6.42 Å². The highest BCUT2D eigenvalue weighted by Gasteiger charge is 2.30. The molecule has 182 valence electrons. The Morgan fingerprint density at radius 3 is 2.26 bits per heavy atom. The number of piperidine rings is 1. The van der Waals surface area contributed by atoms with Crippen molar-refractivity contribution in [2.75, 3.05) is 32.0 Å². The molecule has 1 aromatic heterocycles. The van der Waals surface area contributed by atoms with Crippen LogP contribution in [0, 0.1) is 0 Å². The lowest BCUT2D eigenvalue weighted by Gasteiger charge is -2.26. The molecule has 2 aliphatic rings. The SMILES string of the molecule is CNC(=O)c1c(NC(=O)c2ccc(S(=O)(=O)N3CCCCC3)cc2)sc2c1CCN(C(C)=O)C2. The molecule has 4 rings (SSSR count). The molecule has 2 N–H and O–H groups in total. The minimum atomic E-state index is -3.58. The van der Waals surface area contributed by atoms with Crippen molar-refractivity contribution >= 4 is 44.1 Å². The van der Waals surface area contributed by atoms with Gasteiger partial charge in [-0.05, 0) is 49.1 Å². The minimum Gasteiger partial charge on any atom is -0.355 e. The van der Waals surface area contributed by atoms with Gasteiger partial charge >= 0.3 is 0 Å². The fourth-order valence-electron chi connectivity index (χ4n) is 4.33. The van der Waals surface area contributed by atoms with Crippen molar-refractivity contribution in [3.8, 4) is 0 Å². The van der Waals surface area contributed by atoms with Crippen molar-refractivity contribution in [3.05, 3.63) is 45.8 Å². The van der Waals surface area contributed by atoms with E-state index in [-0.39, 0.29) is 22.3 Å². The number of benzene rings is 1. The van der Waals surface area contributed by atoms with Gasteiger partial charge in [-0.15, -0.1) is 11.3 Å². The number of rotatable bonds is 5. The first kappa shape index (κ1) is 24.4. The normalized spacial score (nSPS) is 16.6. The number of amides is 3. The summed E-state index contributed by atoms with van der Waals surface area (Å²) in [5, 5.41) is 5.87. The zero-order valence-corrected chi connectivity index (χ0v) is 20.9. The van der Waals surface area contributed by atoms with Crippen molar-refractivity contribution in [2.45, 2.75) is 44.0 Å². The van der Waals surface area contributed by atoms with Crippen LogP contribution < -0.4 is 10.6 Å². The van der Waals surface area contributed by atoms with Gasteiger partial charge in [0, 0.05) is 44.0 Å². The van der Waals surface area contributed by atoms with Crippen molar-refractivity contribution in [1.29, 1.82) is 0 Å². The smallest absolute Gasteiger partial charge is 0.256 e. The largest absolute Gasteiger partial charge is 0.355 e. The predicted octanol–water partition coefficient (Wildman–Crippen LogP) is 2.44. The van der Waals surface area contributed by atoms with E-state index in [9.17, 15) is 22.8 Å². The molecule has 2 aromatic rings. The summed E-state index contributed by atoms with van der Waals surface area (Å²) in [7, 11) is -2.05. The lowest BCUT2D eigenvalue weighted by atomic mass is 10.0. The summed E-state index contributed by atoms with van der Waals surface area (Å²) in [5.74, 6) is -0.771. The summed E-state index contributed by atoms with van der Waals surface area (Å²) in [6.07, 6.45) is 3.26. The van der Waals surface area contributed by atoms with Crippen LogP contribution in [0.15, 0.2) is 29.2 Å². The number of fused-ring (bicyclic) bond motifs is 1. The minimum absolute atomic E-state index is 0.0364. The molecule has 1 fully saturated rings. The quantitative estimate of drug-likeness (QED) is 0.649. The second kappa shape index (κ2) is 9.85. The molecule has 1 saturated heterocycles. The summed E-state index contributed by atoms with van der Waals surface area (Å²) < 4.78 is 27.2.